The Bertz CT molecular complexity index is 624. The number of hydrogen-bond donors (Lipinski definition) is 0. The van der Waals surface area contributed by atoms with Gasteiger partial charge in [0, 0.05) is 5.56 Å². The molecular formula is C15H15F3O4. The van der Waals surface area contributed by atoms with E-state index in [1.165, 1.54) is 6.92 Å². The van der Waals surface area contributed by atoms with Gasteiger partial charge in [0.05, 0.1) is 18.8 Å². The van der Waals surface area contributed by atoms with Gasteiger partial charge in [-0.2, -0.15) is 0 Å². The highest BCUT2D eigenvalue weighted by Crippen LogP contribution is 2.22. The van der Waals surface area contributed by atoms with Gasteiger partial charge in [-0.05, 0) is 26.8 Å². The summed E-state index contributed by atoms with van der Waals surface area (Å²) in [6.45, 7) is 4.24. The molecule has 0 fully saturated rings. The number of carbonyl (C=O) groups is 2. The van der Waals surface area contributed by atoms with E-state index in [2.05, 4.69) is 4.74 Å². The van der Waals surface area contributed by atoms with E-state index in [1.807, 2.05) is 0 Å². The largest absolute Gasteiger partial charge is 0.500 e. The zero-order valence-corrected chi connectivity index (χ0v) is 12.3. The number of ether oxygens (including phenoxy) is 2. The summed E-state index contributed by atoms with van der Waals surface area (Å²) in [5, 5.41) is 0. The van der Waals surface area contributed by atoms with Gasteiger partial charge >= 0.3 is 5.97 Å². The SMILES string of the molecule is CCOC=C(C(=O)OCC)C(=O)c1cc(F)c(F)c(C)c1F. The molecule has 0 heterocycles. The lowest BCUT2D eigenvalue weighted by atomic mass is 10.0. The van der Waals surface area contributed by atoms with Gasteiger partial charge in [-0.3, -0.25) is 4.79 Å². The second-order valence-electron chi connectivity index (χ2n) is 4.20. The molecule has 0 saturated heterocycles. The van der Waals surface area contributed by atoms with Crippen LogP contribution >= 0.6 is 0 Å². The van der Waals surface area contributed by atoms with Gasteiger partial charge in [0.15, 0.2) is 11.6 Å². The van der Waals surface area contributed by atoms with Crippen molar-refractivity contribution in [1.29, 1.82) is 0 Å². The van der Waals surface area contributed by atoms with Gasteiger partial charge in [-0.15, -0.1) is 0 Å². The van der Waals surface area contributed by atoms with Crippen molar-refractivity contribution in [3.63, 3.8) is 0 Å². The third-order valence-electron chi connectivity index (χ3n) is 2.73. The molecule has 0 aliphatic carbocycles. The van der Waals surface area contributed by atoms with Crippen LogP contribution in [0.4, 0.5) is 13.2 Å². The summed E-state index contributed by atoms with van der Waals surface area (Å²) in [6, 6.07) is 0.402. The molecule has 1 rings (SSSR count). The molecule has 1 aromatic carbocycles. The van der Waals surface area contributed by atoms with Gasteiger partial charge in [0.1, 0.15) is 17.7 Å². The molecule has 0 spiro atoms. The van der Waals surface area contributed by atoms with Crippen molar-refractivity contribution in [3.8, 4) is 0 Å². The van der Waals surface area contributed by atoms with Crippen LogP contribution in [0, 0.1) is 24.4 Å². The zero-order valence-electron chi connectivity index (χ0n) is 12.3. The Balaban J connectivity index is 3.34. The molecule has 0 N–H and O–H groups in total. The molecule has 0 unspecified atom stereocenters. The summed E-state index contributed by atoms with van der Waals surface area (Å²) in [7, 11) is 0. The molecule has 0 aliphatic rings. The zero-order chi connectivity index (χ0) is 16.9. The normalized spacial score (nSPS) is 11.3. The van der Waals surface area contributed by atoms with E-state index >= 15 is 0 Å². The average molecular weight is 316 g/mol. The van der Waals surface area contributed by atoms with Crippen LogP contribution in [0.1, 0.15) is 29.8 Å². The first-order valence-corrected chi connectivity index (χ1v) is 6.52. The lowest BCUT2D eigenvalue weighted by molar-refractivity contribution is -0.138. The minimum absolute atomic E-state index is 0.0190. The Morgan fingerprint density at radius 1 is 1.14 bits per heavy atom. The average Bonchev–Trinajstić information content (AvgIpc) is 2.49. The number of halogens is 3. The molecule has 0 bridgehead atoms. The van der Waals surface area contributed by atoms with Gasteiger partial charge in [-0.1, -0.05) is 0 Å². The third kappa shape index (κ3) is 3.66. The topological polar surface area (TPSA) is 52.6 Å². The van der Waals surface area contributed by atoms with Crippen molar-refractivity contribution in [2.75, 3.05) is 13.2 Å². The van der Waals surface area contributed by atoms with Crippen LogP contribution in [0.2, 0.25) is 0 Å². The first-order chi connectivity index (χ1) is 10.3. The number of Topliss-reactive ketones (excluding diaryl/α,β-unsaturated/α-hetero) is 1. The van der Waals surface area contributed by atoms with Crippen LogP contribution in [0.5, 0.6) is 0 Å². The molecule has 0 aliphatic heterocycles. The second-order valence-corrected chi connectivity index (χ2v) is 4.20. The molecule has 0 atom stereocenters. The highest BCUT2D eigenvalue weighted by Gasteiger charge is 2.27. The smallest absolute Gasteiger partial charge is 0.345 e. The monoisotopic (exact) mass is 316 g/mol. The van der Waals surface area contributed by atoms with E-state index in [0.29, 0.717) is 6.07 Å². The lowest BCUT2D eigenvalue weighted by Crippen LogP contribution is -2.19. The molecule has 7 heteroatoms. The fourth-order valence-electron chi connectivity index (χ4n) is 1.61. The molecular weight excluding hydrogens is 301 g/mol. The van der Waals surface area contributed by atoms with Crippen molar-refractivity contribution in [2.45, 2.75) is 20.8 Å². The predicted octanol–water partition coefficient (Wildman–Crippen LogP) is 3.08. The molecule has 120 valence electrons. The summed E-state index contributed by atoms with van der Waals surface area (Å²) >= 11 is 0. The van der Waals surface area contributed by atoms with Crippen LogP contribution in [-0.4, -0.2) is 25.0 Å². The molecule has 22 heavy (non-hydrogen) atoms. The van der Waals surface area contributed by atoms with E-state index < -0.39 is 45.9 Å². The van der Waals surface area contributed by atoms with E-state index in [-0.39, 0.29) is 13.2 Å². The van der Waals surface area contributed by atoms with Crippen LogP contribution in [0.15, 0.2) is 17.9 Å². The van der Waals surface area contributed by atoms with Crippen molar-refractivity contribution < 1.29 is 32.2 Å². The van der Waals surface area contributed by atoms with Crippen molar-refractivity contribution in [1.82, 2.24) is 0 Å². The fraction of sp³-hybridized carbons (Fsp3) is 0.333. The number of ketones is 1. The Morgan fingerprint density at radius 2 is 1.77 bits per heavy atom. The highest BCUT2D eigenvalue weighted by molar-refractivity contribution is 6.24. The van der Waals surface area contributed by atoms with Crippen LogP contribution in [0.3, 0.4) is 0 Å². The molecule has 0 aromatic heterocycles. The number of rotatable bonds is 6. The maximum absolute atomic E-state index is 14.0. The molecule has 1 aromatic rings. The Morgan fingerprint density at radius 3 is 2.32 bits per heavy atom. The first kappa shape index (κ1) is 17.7. The Labute approximate surface area is 125 Å². The van der Waals surface area contributed by atoms with Crippen molar-refractivity contribution in [3.05, 3.63) is 46.5 Å². The van der Waals surface area contributed by atoms with Gasteiger partial charge in [0.25, 0.3) is 0 Å². The third-order valence-corrected chi connectivity index (χ3v) is 2.73. The summed E-state index contributed by atoms with van der Waals surface area (Å²) < 4.78 is 50.1. The first-order valence-electron chi connectivity index (χ1n) is 6.52. The maximum atomic E-state index is 14.0. The number of carbonyl (C=O) groups excluding carboxylic acids is 2. The fourth-order valence-corrected chi connectivity index (χ4v) is 1.61. The number of hydrogen-bond acceptors (Lipinski definition) is 4. The minimum Gasteiger partial charge on any atom is -0.500 e. The summed E-state index contributed by atoms with van der Waals surface area (Å²) in [6.07, 6.45) is 0.816. The molecule has 4 nitrogen and oxygen atoms in total. The highest BCUT2D eigenvalue weighted by atomic mass is 19.2. The van der Waals surface area contributed by atoms with E-state index in [1.54, 1.807) is 6.92 Å². The molecule has 0 amide bonds. The van der Waals surface area contributed by atoms with E-state index in [4.69, 9.17) is 4.74 Å². The summed E-state index contributed by atoms with van der Waals surface area (Å²) in [5.41, 5.74) is -2.02. The van der Waals surface area contributed by atoms with E-state index in [9.17, 15) is 22.8 Å². The van der Waals surface area contributed by atoms with E-state index in [0.717, 1.165) is 13.2 Å². The Hall–Kier alpha value is -2.31. The van der Waals surface area contributed by atoms with Crippen LogP contribution in [-0.2, 0) is 14.3 Å². The van der Waals surface area contributed by atoms with Crippen molar-refractivity contribution in [2.24, 2.45) is 0 Å². The standard InChI is InChI=1S/C15H15F3O4/c1-4-21-7-10(15(20)22-5-2)14(19)9-6-11(16)13(18)8(3)12(9)17/h6-7H,4-5H2,1-3H3. The molecule has 0 saturated carbocycles. The van der Waals surface area contributed by atoms with Gasteiger partial charge < -0.3 is 9.47 Å². The lowest BCUT2D eigenvalue weighted by Gasteiger charge is -2.09. The van der Waals surface area contributed by atoms with Gasteiger partial charge in [-0.25, -0.2) is 18.0 Å². The predicted molar refractivity (Wildman–Crippen MR) is 71.7 cm³/mol. The van der Waals surface area contributed by atoms with Crippen LogP contribution < -0.4 is 0 Å². The van der Waals surface area contributed by atoms with Crippen LogP contribution in [0.25, 0.3) is 0 Å². The Kier molecular flexibility index (Phi) is 6.15. The summed E-state index contributed by atoms with van der Waals surface area (Å²) in [5.74, 6) is -6.20. The number of benzene rings is 1. The quantitative estimate of drug-likeness (QED) is 0.154. The second kappa shape index (κ2) is 7.63. The number of esters is 1. The molecule has 0 radical (unpaired) electrons. The maximum Gasteiger partial charge on any atom is 0.345 e. The van der Waals surface area contributed by atoms with Gasteiger partial charge in [0.2, 0.25) is 5.78 Å². The minimum atomic E-state index is -1.39. The van der Waals surface area contributed by atoms with Crippen molar-refractivity contribution >= 4 is 11.8 Å². The summed E-state index contributed by atoms with van der Waals surface area (Å²) in [4.78, 5) is 24.0.